The van der Waals surface area contributed by atoms with Gasteiger partial charge in [0.15, 0.2) is 0 Å². The van der Waals surface area contributed by atoms with Crippen molar-refractivity contribution >= 4 is 21.4 Å². The number of hydrogen-bond donors (Lipinski definition) is 1. The van der Waals surface area contributed by atoms with Crippen LogP contribution >= 0.6 is 11.3 Å². The molecule has 1 aliphatic heterocycles. The van der Waals surface area contributed by atoms with Gasteiger partial charge in [-0.1, -0.05) is 12.8 Å². The Kier molecular flexibility index (Phi) is 5.38. The second-order valence-electron chi connectivity index (χ2n) is 4.89. The molecule has 0 bridgehead atoms. The molecule has 2 rings (SSSR count). The van der Waals surface area contributed by atoms with Crippen LogP contribution in [0, 0.1) is 0 Å². The summed E-state index contributed by atoms with van der Waals surface area (Å²) in [4.78, 5) is 1.13. The summed E-state index contributed by atoms with van der Waals surface area (Å²) < 4.78 is 27.3. The molecule has 1 fully saturated rings. The first-order chi connectivity index (χ1) is 9.14. The molecule has 1 saturated heterocycles. The highest BCUT2D eigenvalue weighted by Gasteiger charge is 2.26. The van der Waals surface area contributed by atoms with Crippen LogP contribution in [0.1, 0.15) is 30.6 Å². The second kappa shape index (κ2) is 6.83. The summed E-state index contributed by atoms with van der Waals surface area (Å²) in [6.07, 6.45) is 5.14. The van der Waals surface area contributed by atoms with Gasteiger partial charge in [-0.05, 0) is 45.0 Å². The van der Waals surface area contributed by atoms with Gasteiger partial charge in [0.05, 0.1) is 0 Å². The average Bonchev–Trinajstić information content (AvgIpc) is 2.70. The zero-order valence-electron chi connectivity index (χ0n) is 11.4. The standard InChI is InChI=1S/C13H22N2O2S2/c1-14-9-8-12-6-7-13(18-12)19(16,17)15-10-4-2-3-5-11-15/h6-7,14H,2-5,8-11H2,1H3. The summed E-state index contributed by atoms with van der Waals surface area (Å²) in [5, 5.41) is 3.08. The summed E-state index contributed by atoms with van der Waals surface area (Å²) in [6, 6.07) is 3.70. The first kappa shape index (κ1) is 15.0. The molecule has 1 aliphatic rings. The van der Waals surface area contributed by atoms with Gasteiger partial charge < -0.3 is 5.32 Å². The third-order valence-electron chi connectivity index (χ3n) is 3.42. The number of nitrogens with zero attached hydrogens (tertiary/aromatic N) is 1. The quantitative estimate of drug-likeness (QED) is 0.906. The molecule has 0 aliphatic carbocycles. The number of likely N-dealkylation sites (N-methyl/N-ethyl adjacent to an activating group) is 1. The number of hydrogen-bond acceptors (Lipinski definition) is 4. The molecule has 0 amide bonds. The Morgan fingerprint density at radius 3 is 2.53 bits per heavy atom. The van der Waals surface area contributed by atoms with E-state index in [-0.39, 0.29) is 0 Å². The molecule has 0 spiro atoms. The van der Waals surface area contributed by atoms with Crippen LogP contribution in [0.15, 0.2) is 16.3 Å². The van der Waals surface area contributed by atoms with E-state index < -0.39 is 10.0 Å². The van der Waals surface area contributed by atoms with Gasteiger partial charge in [0, 0.05) is 18.0 Å². The zero-order chi connectivity index (χ0) is 13.7. The van der Waals surface area contributed by atoms with Crippen LogP contribution in [-0.2, 0) is 16.4 Å². The summed E-state index contributed by atoms with van der Waals surface area (Å²) in [6.45, 7) is 2.22. The van der Waals surface area contributed by atoms with Crippen LogP contribution in [0.25, 0.3) is 0 Å². The SMILES string of the molecule is CNCCc1ccc(S(=O)(=O)N2CCCCCC2)s1. The van der Waals surface area contributed by atoms with Crippen molar-refractivity contribution < 1.29 is 8.42 Å². The van der Waals surface area contributed by atoms with Crippen LogP contribution < -0.4 is 5.32 Å². The fourth-order valence-corrected chi connectivity index (χ4v) is 5.32. The molecule has 0 radical (unpaired) electrons. The van der Waals surface area contributed by atoms with Crippen LogP contribution in [0.3, 0.4) is 0 Å². The van der Waals surface area contributed by atoms with E-state index in [0.717, 1.165) is 43.5 Å². The molecule has 0 unspecified atom stereocenters. The van der Waals surface area contributed by atoms with E-state index >= 15 is 0 Å². The Morgan fingerprint density at radius 1 is 1.21 bits per heavy atom. The molecular weight excluding hydrogens is 280 g/mol. The van der Waals surface area contributed by atoms with Crippen molar-refractivity contribution in [1.29, 1.82) is 0 Å². The zero-order valence-corrected chi connectivity index (χ0v) is 13.0. The molecule has 0 saturated carbocycles. The van der Waals surface area contributed by atoms with Gasteiger partial charge >= 0.3 is 0 Å². The lowest BCUT2D eigenvalue weighted by molar-refractivity contribution is 0.425. The summed E-state index contributed by atoms with van der Waals surface area (Å²) >= 11 is 1.41. The molecule has 108 valence electrons. The van der Waals surface area contributed by atoms with Crippen molar-refractivity contribution in [3.05, 3.63) is 17.0 Å². The van der Waals surface area contributed by atoms with Crippen LogP contribution in [-0.4, -0.2) is 39.4 Å². The molecule has 1 aromatic heterocycles. The number of sulfonamides is 1. The van der Waals surface area contributed by atoms with E-state index in [1.165, 1.54) is 11.3 Å². The third kappa shape index (κ3) is 3.78. The van der Waals surface area contributed by atoms with Crippen molar-refractivity contribution in [1.82, 2.24) is 9.62 Å². The molecule has 19 heavy (non-hydrogen) atoms. The van der Waals surface area contributed by atoms with Crippen LogP contribution in [0.4, 0.5) is 0 Å². The van der Waals surface area contributed by atoms with Crippen molar-refractivity contribution in [3.8, 4) is 0 Å². The van der Waals surface area contributed by atoms with E-state index in [4.69, 9.17) is 0 Å². The second-order valence-corrected chi connectivity index (χ2v) is 8.23. The first-order valence-corrected chi connectivity index (χ1v) is 9.14. The normalized spacial score (nSPS) is 18.4. The first-order valence-electron chi connectivity index (χ1n) is 6.88. The Morgan fingerprint density at radius 2 is 1.89 bits per heavy atom. The smallest absolute Gasteiger partial charge is 0.252 e. The van der Waals surface area contributed by atoms with Gasteiger partial charge in [0.25, 0.3) is 10.0 Å². The van der Waals surface area contributed by atoms with Crippen molar-refractivity contribution in [2.75, 3.05) is 26.7 Å². The molecule has 0 atom stereocenters. The fraction of sp³-hybridized carbons (Fsp3) is 0.692. The maximum absolute atomic E-state index is 12.5. The highest BCUT2D eigenvalue weighted by molar-refractivity contribution is 7.91. The lowest BCUT2D eigenvalue weighted by atomic mass is 10.2. The highest BCUT2D eigenvalue weighted by Crippen LogP contribution is 2.26. The Bertz CT molecular complexity index is 488. The molecular formula is C13H22N2O2S2. The largest absolute Gasteiger partial charge is 0.319 e. The average molecular weight is 302 g/mol. The minimum atomic E-state index is -3.26. The fourth-order valence-electron chi connectivity index (χ4n) is 2.29. The summed E-state index contributed by atoms with van der Waals surface area (Å²) in [5.74, 6) is 0. The molecule has 4 nitrogen and oxygen atoms in total. The van der Waals surface area contributed by atoms with Crippen molar-refractivity contribution in [2.45, 2.75) is 36.3 Å². The predicted molar refractivity (Wildman–Crippen MR) is 79.2 cm³/mol. The number of thiophene rings is 1. The van der Waals surface area contributed by atoms with Gasteiger partial charge in [-0.15, -0.1) is 11.3 Å². The number of rotatable bonds is 5. The highest BCUT2D eigenvalue weighted by atomic mass is 32.2. The van der Waals surface area contributed by atoms with E-state index in [2.05, 4.69) is 5.32 Å². The minimum Gasteiger partial charge on any atom is -0.319 e. The third-order valence-corrected chi connectivity index (χ3v) is 6.93. The lowest BCUT2D eigenvalue weighted by Crippen LogP contribution is -2.31. The summed E-state index contributed by atoms with van der Waals surface area (Å²) in [7, 11) is -1.35. The predicted octanol–water partition coefficient (Wildman–Crippen LogP) is 2.07. The Balaban J connectivity index is 2.11. The van der Waals surface area contributed by atoms with Crippen molar-refractivity contribution in [2.24, 2.45) is 0 Å². The Labute approximate surface area is 119 Å². The van der Waals surface area contributed by atoms with E-state index in [9.17, 15) is 8.42 Å². The maximum Gasteiger partial charge on any atom is 0.252 e. The van der Waals surface area contributed by atoms with Crippen LogP contribution in [0.2, 0.25) is 0 Å². The minimum absolute atomic E-state index is 0.500. The Hall–Kier alpha value is -0.430. The van der Waals surface area contributed by atoms with Gasteiger partial charge in [0.1, 0.15) is 4.21 Å². The van der Waals surface area contributed by atoms with E-state index in [0.29, 0.717) is 17.3 Å². The van der Waals surface area contributed by atoms with Crippen LogP contribution in [0.5, 0.6) is 0 Å². The maximum atomic E-state index is 12.5. The number of nitrogens with one attached hydrogen (secondary N) is 1. The molecule has 1 N–H and O–H groups in total. The molecule has 2 heterocycles. The van der Waals surface area contributed by atoms with E-state index in [1.54, 1.807) is 10.4 Å². The van der Waals surface area contributed by atoms with Crippen molar-refractivity contribution in [3.63, 3.8) is 0 Å². The summed E-state index contributed by atoms with van der Waals surface area (Å²) in [5.41, 5.74) is 0. The molecule has 0 aromatic carbocycles. The van der Waals surface area contributed by atoms with Gasteiger partial charge in [-0.2, -0.15) is 4.31 Å². The molecule has 1 aromatic rings. The topological polar surface area (TPSA) is 49.4 Å². The van der Waals surface area contributed by atoms with Gasteiger partial charge in [-0.25, -0.2) is 8.42 Å². The lowest BCUT2D eigenvalue weighted by Gasteiger charge is -2.18. The monoisotopic (exact) mass is 302 g/mol. The van der Waals surface area contributed by atoms with Gasteiger partial charge in [-0.3, -0.25) is 0 Å². The van der Waals surface area contributed by atoms with Gasteiger partial charge in [0.2, 0.25) is 0 Å². The van der Waals surface area contributed by atoms with E-state index in [1.807, 2.05) is 13.1 Å². The molecule has 6 heteroatoms.